The Morgan fingerprint density at radius 1 is 0.375 bits per heavy atom. The number of phosphoric ester groups is 2. The van der Waals surface area contributed by atoms with Crippen LogP contribution < -0.4 is 0 Å². The van der Waals surface area contributed by atoms with Crippen molar-refractivity contribution >= 4 is 39.5 Å². The van der Waals surface area contributed by atoms with Crippen LogP contribution in [-0.4, -0.2) is 96.7 Å². The fourth-order valence-electron chi connectivity index (χ4n) is 9.84. The van der Waals surface area contributed by atoms with E-state index in [1.165, 1.54) is 122 Å². The van der Waals surface area contributed by atoms with Crippen LogP contribution in [0.4, 0.5) is 0 Å². The van der Waals surface area contributed by atoms with Crippen molar-refractivity contribution in [2.24, 2.45) is 11.8 Å². The minimum Gasteiger partial charge on any atom is -0.462 e. The highest BCUT2D eigenvalue weighted by Crippen LogP contribution is 2.45. The average molecular weight is 1290 g/mol. The molecular formula is C69H130O17P2. The maximum absolute atomic E-state index is 13.0. The van der Waals surface area contributed by atoms with Gasteiger partial charge in [-0.3, -0.25) is 37.3 Å². The first kappa shape index (κ1) is 85.5. The van der Waals surface area contributed by atoms with E-state index >= 15 is 0 Å². The largest absolute Gasteiger partial charge is 0.472 e. The summed E-state index contributed by atoms with van der Waals surface area (Å²) in [7, 11) is -9.91. The highest BCUT2D eigenvalue weighted by atomic mass is 31.2. The molecule has 0 saturated carbocycles. The number of rotatable bonds is 66. The van der Waals surface area contributed by atoms with Crippen LogP contribution >= 0.6 is 15.6 Å². The molecule has 6 atom stereocenters. The fraction of sp³-hybridized carbons (Fsp3) is 0.884. The lowest BCUT2D eigenvalue weighted by molar-refractivity contribution is -0.161. The van der Waals surface area contributed by atoms with Crippen molar-refractivity contribution < 1.29 is 80.2 Å². The quantitative estimate of drug-likeness (QED) is 0.0169. The van der Waals surface area contributed by atoms with E-state index in [-0.39, 0.29) is 25.7 Å². The summed E-state index contributed by atoms with van der Waals surface area (Å²) in [6.45, 7) is 9.33. The lowest BCUT2D eigenvalue weighted by Gasteiger charge is -2.21. The van der Waals surface area contributed by atoms with Crippen LogP contribution in [-0.2, 0) is 65.4 Å². The van der Waals surface area contributed by atoms with Gasteiger partial charge in [0.05, 0.1) is 26.4 Å². The van der Waals surface area contributed by atoms with Crippen molar-refractivity contribution in [3.63, 3.8) is 0 Å². The van der Waals surface area contributed by atoms with E-state index in [0.29, 0.717) is 31.6 Å². The lowest BCUT2D eigenvalue weighted by Crippen LogP contribution is -2.30. The Morgan fingerprint density at radius 3 is 1.02 bits per heavy atom. The Labute approximate surface area is 535 Å². The average Bonchev–Trinajstić information content (AvgIpc) is 3.63. The first-order valence-electron chi connectivity index (χ1n) is 35.3. The Balaban J connectivity index is 5.28. The monoisotopic (exact) mass is 1290 g/mol. The second kappa shape index (κ2) is 60.8. The van der Waals surface area contributed by atoms with Gasteiger partial charge in [-0.15, -0.1) is 0 Å². The molecule has 17 nitrogen and oxygen atoms in total. The molecule has 0 aromatic rings. The first-order chi connectivity index (χ1) is 42.4. The number of hydrogen-bond donors (Lipinski definition) is 3. The minimum absolute atomic E-state index is 0.0849. The Morgan fingerprint density at radius 2 is 0.670 bits per heavy atom. The van der Waals surface area contributed by atoms with E-state index in [1.807, 2.05) is 0 Å². The van der Waals surface area contributed by atoms with Crippen LogP contribution in [0.25, 0.3) is 0 Å². The van der Waals surface area contributed by atoms with Gasteiger partial charge in [0.2, 0.25) is 0 Å². The molecule has 0 amide bonds. The predicted molar refractivity (Wildman–Crippen MR) is 354 cm³/mol. The molecular weight excluding hydrogens is 1160 g/mol. The molecule has 0 heterocycles. The highest BCUT2D eigenvalue weighted by Gasteiger charge is 2.30. The molecule has 0 spiro atoms. The molecule has 0 bridgehead atoms. The van der Waals surface area contributed by atoms with E-state index in [0.717, 1.165) is 115 Å². The number of aliphatic hydroxyl groups excluding tert-OH is 1. The van der Waals surface area contributed by atoms with Crippen LogP contribution in [0.3, 0.4) is 0 Å². The Hall–Kier alpha value is -2.46. The maximum atomic E-state index is 13.0. The Bertz CT molecular complexity index is 1810. The van der Waals surface area contributed by atoms with Crippen molar-refractivity contribution in [2.75, 3.05) is 39.6 Å². The smallest absolute Gasteiger partial charge is 0.462 e. The van der Waals surface area contributed by atoms with Crippen molar-refractivity contribution in [3.8, 4) is 0 Å². The maximum Gasteiger partial charge on any atom is 0.472 e. The number of allylic oxidation sites excluding steroid dienone is 4. The van der Waals surface area contributed by atoms with Gasteiger partial charge in [0.15, 0.2) is 12.2 Å². The van der Waals surface area contributed by atoms with Gasteiger partial charge in [-0.1, -0.05) is 271 Å². The molecule has 0 aliphatic carbocycles. The standard InChI is InChI=1S/C69H130O17P2/c1-7-10-12-14-16-18-20-22-24-26-28-30-32-41-47-53-68(73)85-64(57-79-66(71)51-45-39-31-29-27-25-23-21-19-17-15-13-11-8-2)59-83-87(75,76)81-55-63(70)56-82-88(77,78)84-60-65(58-80-67(72)52-46-40-35-33-37-43-49-61(4)5)86-69(74)54-48-42-36-34-38-44-50-62(6)9-3/h18,20,22,24,61-65,70H,7-17,19,21,23,25-60H2,1-6H3,(H,75,76)(H,77,78)/b20-18-,24-22-/t62?,63-,64-,65-/m1/s1. The number of esters is 4. The van der Waals surface area contributed by atoms with E-state index < -0.39 is 97.5 Å². The molecule has 0 aromatic heterocycles. The summed E-state index contributed by atoms with van der Waals surface area (Å²) in [5.74, 6) is -0.765. The van der Waals surface area contributed by atoms with E-state index in [2.05, 4.69) is 65.8 Å². The number of carbonyl (C=O) groups is 4. The molecule has 0 radical (unpaired) electrons. The molecule has 518 valence electrons. The van der Waals surface area contributed by atoms with Crippen LogP contribution in [0, 0.1) is 11.8 Å². The minimum atomic E-state index is -4.96. The topological polar surface area (TPSA) is 237 Å². The normalized spacial score (nSPS) is 14.7. The summed E-state index contributed by atoms with van der Waals surface area (Å²) in [4.78, 5) is 72.4. The third-order valence-electron chi connectivity index (χ3n) is 15.7. The molecule has 19 heteroatoms. The SMILES string of the molecule is CCCCCC/C=C\C=C/CCCCCCCC(=O)O[C@H](COC(=O)CCCCCCCCCCCCCCCC)COP(=O)(O)OC[C@@H](O)COP(=O)(O)OC[C@@H](COC(=O)CCCCCCCCC(C)C)OC(=O)CCCCCCCCC(C)CC. The molecule has 0 rings (SSSR count). The summed E-state index contributed by atoms with van der Waals surface area (Å²) < 4.78 is 68.1. The zero-order valence-electron chi connectivity index (χ0n) is 56.5. The van der Waals surface area contributed by atoms with Crippen LogP contribution in [0.2, 0.25) is 0 Å². The third kappa shape index (κ3) is 61.1. The first-order valence-corrected chi connectivity index (χ1v) is 38.3. The van der Waals surface area contributed by atoms with Gasteiger partial charge >= 0.3 is 39.5 Å². The number of unbranched alkanes of at least 4 members (excludes halogenated alkanes) is 32. The van der Waals surface area contributed by atoms with Crippen molar-refractivity contribution in [2.45, 2.75) is 342 Å². The fourth-order valence-corrected chi connectivity index (χ4v) is 11.4. The number of hydrogen-bond acceptors (Lipinski definition) is 15. The number of aliphatic hydroxyl groups is 1. The molecule has 0 aliphatic heterocycles. The van der Waals surface area contributed by atoms with Crippen molar-refractivity contribution in [1.82, 2.24) is 0 Å². The molecule has 3 N–H and O–H groups in total. The van der Waals surface area contributed by atoms with Crippen molar-refractivity contribution in [1.29, 1.82) is 0 Å². The van der Waals surface area contributed by atoms with Crippen molar-refractivity contribution in [3.05, 3.63) is 24.3 Å². The second-order valence-electron chi connectivity index (χ2n) is 24.9. The molecule has 0 aliphatic rings. The predicted octanol–water partition coefficient (Wildman–Crippen LogP) is 19.2. The number of carbonyl (C=O) groups excluding carboxylic acids is 4. The molecule has 3 unspecified atom stereocenters. The molecule has 0 fully saturated rings. The number of phosphoric acid groups is 2. The summed E-state index contributed by atoms with van der Waals surface area (Å²) in [6, 6.07) is 0. The van der Waals surface area contributed by atoms with Gasteiger partial charge in [0, 0.05) is 25.7 Å². The van der Waals surface area contributed by atoms with E-state index in [4.69, 9.17) is 37.0 Å². The summed E-state index contributed by atoms with van der Waals surface area (Å²) in [6.07, 6.45) is 48.2. The molecule has 88 heavy (non-hydrogen) atoms. The zero-order chi connectivity index (χ0) is 65.0. The van der Waals surface area contributed by atoms with Gasteiger partial charge in [-0.2, -0.15) is 0 Å². The highest BCUT2D eigenvalue weighted by molar-refractivity contribution is 7.47. The van der Waals surface area contributed by atoms with Crippen LogP contribution in [0.1, 0.15) is 324 Å². The van der Waals surface area contributed by atoms with Gasteiger partial charge in [-0.25, -0.2) is 9.13 Å². The molecule has 0 saturated heterocycles. The Kier molecular flexibility index (Phi) is 59.1. The third-order valence-corrected chi connectivity index (χ3v) is 17.6. The van der Waals surface area contributed by atoms with Crippen LogP contribution in [0.15, 0.2) is 24.3 Å². The zero-order valence-corrected chi connectivity index (χ0v) is 58.3. The van der Waals surface area contributed by atoms with E-state index in [1.54, 1.807) is 0 Å². The number of ether oxygens (including phenoxy) is 4. The van der Waals surface area contributed by atoms with Gasteiger partial charge in [0.25, 0.3) is 0 Å². The van der Waals surface area contributed by atoms with Gasteiger partial charge in [-0.05, 0) is 63.2 Å². The van der Waals surface area contributed by atoms with E-state index in [9.17, 15) is 43.2 Å². The summed E-state index contributed by atoms with van der Waals surface area (Å²) in [5.41, 5.74) is 0. The van der Waals surface area contributed by atoms with Crippen LogP contribution in [0.5, 0.6) is 0 Å². The summed E-state index contributed by atoms with van der Waals surface area (Å²) >= 11 is 0. The second-order valence-corrected chi connectivity index (χ2v) is 27.9. The van der Waals surface area contributed by atoms with Gasteiger partial charge in [0.1, 0.15) is 19.3 Å². The molecule has 0 aromatic carbocycles. The lowest BCUT2D eigenvalue weighted by atomic mass is 10.00. The summed E-state index contributed by atoms with van der Waals surface area (Å²) in [5, 5.41) is 10.6. The van der Waals surface area contributed by atoms with Gasteiger partial charge < -0.3 is 33.8 Å².